The molecule has 0 spiro atoms. The molecule has 0 radical (unpaired) electrons. The Morgan fingerprint density at radius 2 is 2.13 bits per heavy atom. The molecule has 2 N–H and O–H groups in total. The fourth-order valence-electron chi connectivity index (χ4n) is 1.16. The quantitative estimate of drug-likeness (QED) is 0.830. The molecule has 4 heteroatoms. The lowest BCUT2D eigenvalue weighted by Gasteiger charge is -2.02. The standard InChI is InChI=1S/C11H11Cl2NO/c1-7(14)4-10(15)5-8-2-3-9(12)6-11(8)13/h2-4,6H,5,14H2,1H3/b7-4-. The second-order valence-electron chi connectivity index (χ2n) is 3.27. The summed E-state index contributed by atoms with van der Waals surface area (Å²) in [5.41, 5.74) is 6.64. The third-order valence-electron chi connectivity index (χ3n) is 1.77. The molecule has 0 atom stereocenters. The van der Waals surface area contributed by atoms with Crippen LogP contribution < -0.4 is 5.73 Å². The number of hydrogen-bond donors (Lipinski definition) is 1. The summed E-state index contributed by atoms with van der Waals surface area (Å²) >= 11 is 11.7. The van der Waals surface area contributed by atoms with E-state index >= 15 is 0 Å². The molecular formula is C11H11Cl2NO. The predicted molar refractivity (Wildman–Crippen MR) is 63.1 cm³/mol. The third kappa shape index (κ3) is 3.94. The number of allylic oxidation sites excluding steroid dienone is 2. The van der Waals surface area contributed by atoms with Gasteiger partial charge in [0.05, 0.1) is 0 Å². The van der Waals surface area contributed by atoms with E-state index < -0.39 is 0 Å². The van der Waals surface area contributed by atoms with Crippen molar-refractivity contribution < 1.29 is 4.79 Å². The molecular weight excluding hydrogens is 233 g/mol. The number of halogens is 2. The van der Waals surface area contributed by atoms with Gasteiger partial charge in [0, 0.05) is 22.2 Å². The second-order valence-corrected chi connectivity index (χ2v) is 4.11. The number of benzene rings is 1. The Morgan fingerprint density at radius 3 is 2.67 bits per heavy atom. The van der Waals surface area contributed by atoms with Crippen LogP contribution in [-0.4, -0.2) is 5.78 Å². The van der Waals surface area contributed by atoms with Gasteiger partial charge in [0.2, 0.25) is 0 Å². The van der Waals surface area contributed by atoms with E-state index in [1.165, 1.54) is 6.08 Å². The van der Waals surface area contributed by atoms with Gasteiger partial charge in [-0.05, 0) is 30.7 Å². The molecule has 0 aliphatic carbocycles. The average molecular weight is 244 g/mol. The Hall–Kier alpha value is -0.990. The van der Waals surface area contributed by atoms with E-state index in [0.29, 0.717) is 15.7 Å². The van der Waals surface area contributed by atoms with E-state index in [1.807, 2.05) is 0 Å². The molecule has 0 aliphatic rings. The van der Waals surface area contributed by atoms with E-state index in [-0.39, 0.29) is 12.2 Å². The van der Waals surface area contributed by atoms with Crippen LogP contribution >= 0.6 is 23.2 Å². The maximum atomic E-state index is 11.4. The molecule has 1 aromatic rings. The van der Waals surface area contributed by atoms with Gasteiger partial charge in [-0.3, -0.25) is 4.79 Å². The maximum absolute atomic E-state index is 11.4. The Bertz CT molecular complexity index is 409. The van der Waals surface area contributed by atoms with Gasteiger partial charge in [-0.25, -0.2) is 0 Å². The Balaban J connectivity index is 2.82. The molecule has 1 rings (SSSR count). The number of carbonyl (C=O) groups excluding carboxylic acids is 1. The molecule has 0 saturated heterocycles. The lowest BCUT2D eigenvalue weighted by Crippen LogP contribution is -2.03. The van der Waals surface area contributed by atoms with Crippen molar-refractivity contribution in [2.75, 3.05) is 0 Å². The molecule has 0 aliphatic heterocycles. The van der Waals surface area contributed by atoms with Crippen LogP contribution in [0, 0.1) is 0 Å². The van der Waals surface area contributed by atoms with Gasteiger partial charge >= 0.3 is 0 Å². The minimum atomic E-state index is -0.0702. The molecule has 2 nitrogen and oxygen atoms in total. The van der Waals surface area contributed by atoms with Gasteiger partial charge in [0.1, 0.15) is 0 Å². The Kier molecular flexibility index (Phi) is 4.18. The van der Waals surface area contributed by atoms with Crippen LogP contribution in [0.15, 0.2) is 30.0 Å². The van der Waals surface area contributed by atoms with E-state index in [0.717, 1.165) is 5.56 Å². The molecule has 80 valence electrons. The summed E-state index contributed by atoms with van der Waals surface area (Å²) < 4.78 is 0. The number of hydrogen-bond acceptors (Lipinski definition) is 2. The summed E-state index contributed by atoms with van der Waals surface area (Å²) in [6.07, 6.45) is 1.63. The van der Waals surface area contributed by atoms with Crippen LogP contribution in [0.5, 0.6) is 0 Å². The number of carbonyl (C=O) groups is 1. The van der Waals surface area contributed by atoms with Crippen LogP contribution in [-0.2, 0) is 11.2 Å². The zero-order valence-corrected chi connectivity index (χ0v) is 9.77. The van der Waals surface area contributed by atoms with E-state index in [4.69, 9.17) is 28.9 Å². The maximum Gasteiger partial charge on any atom is 0.161 e. The van der Waals surface area contributed by atoms with Crippen molar-refractivity contribution in [2.24, 2.45) is 5.73 Å². The highest BCUT2D eigenvalue weighted by molar-refractivity contribution is 6.35. The van der Waals surface area contributed by atoms with Gasteiger partial charge in [-0.1, -0.05) is 29.3 Å². The first-order chi connectivity index (χ1) is 6.99. The molecule has 0 heterocycles. The van der Waals surface area contributed by atoms with Crippen LogP contribution in [0.1, 0.15) is 12.5 Å². The molecule has 1 aromatic carbocycles. The SMILES string of the molecule is C/C(N)=C/C(=O)Cc1ccc(Cl)cc1Cl. The third-order valence-corrected chi connectivity index (χ3v) is 2.36. The highest BCUT2D eigenvalue weighted by Gasteiger charge is 2.05. The van der Waals surface area contributed by atoms with Crippen LogP contribution in [0.25, 0.3) is 0 Å². The first kappa shape index (κ1) is 12.1. The summed E-state index contributed by atoms with van der Waals surface area (Å²) in [5, 5.41) is 1.06. The molecule has 0 bridgehead atoms. The normalized spacial score (nSPS) is 11.5. The van der Waals surface area contributed by atoms with Crippen molar-refractivity contribution in [3.63, 3.8) is 0 Å². The summed E-state index contributed by atoms with van der Waals surface area (Å²) in [6.45, 7) is 1.67. The molecule has 0 saturated carbocycles. The lowest BCUT2D eigenvalue weighted by molar-refractivity contribution is -0.114. The zero-order chi connectivity index (χ0) is 11.4. The zero-order valence-electron chi connectivity index (χ0n) is 8.26. The fourth-order valence-corrected chi connectivity index (χ4v) is 1.63. The Morgan fingerprint density at radius 1 is 1.47 bits per heavy atom. The van der Waals surface area contributed by atoms with Gasteiger partial charge < -0.3 is 5.73 Å². The van der Waals surface area contributed by atoms with E-state index in [1.54, 1.807) is 25.1 Å². The Labute approximate surface area is 98.7 Å². The molecule has 0 aromatic heterocycles. The highest BCUT2D eigenvalue weighted by Crippen LogP contribution is 2.21. The smallest absolute Gasteiger partial charge is 0.161 e. The van der Waals surface area contributed by atoms with Gasteiger partial charge in [0.15, 0.2) is 5.78 Å². The monoisotopic (exact) mass is 243 g/mol. The van der Waals surface area contributed by atoms with Crippen LogP contribution in [0.4, 0.5) is 0 Å². The molecule has 0 amide bonds. The van der Waals surface area contributed by atoms with Gasteiger partial charge in [-0.2, -0.15) is 0 Å². The first-order valence-corrected chi connectivity index (χ1v) is 5.15. The molecule has 15 heavy (non-hydrogen) atoms. The summed E-state index contributed by atoms with van der Waals surface area (Å²) in [6, 6.07) is 5.06. The topological polar surface area (TPSA) is 43.1 Å². The van der Waals surface area contributed by atoms with Gasteiger partial charge in [0.25, 0.3) is 0 Å². The van der Waals surface area contributed by atoms with E-state index in [2.05, 4.69) is 0 Å². The van der Waals surface area contributed by atoms with Crippen molar-refractivity contribution in [3.05, 3.63) is 45.6 Å². The predicted octanol–water partition coefficient (Wildman–Crippen LogP) is 2.97. The van der Waals surface area contributed by atoms with Crippen molar-refractivity contribution >= 4 is 29.0 Å². The van der Waals surface area contributed by atoms with Gasteiger partial charge in [-0.15, -0.1) is 0 Å². The van der Waals surface area contributed by atoms with Crippen molar-refractivity contribution in [1.82, 2.24) is 0 Å². The van der Waals surface area contributed by atoms with Crippen molar-refractivity contribution in [2.45, 2.75) is 13.3 Å². The number of ketones is 1. The highest BCUT2D eigenvalue weighted by atomic mass is 35.5. The first-order valence-electron chi connectivity index (χ1n) is 4.39. The fraction of sp³-hybridized carbons (Fsp3) is 0.182. The average Bonchev–Trinajstić information content (AvgIpc) is 2.08. The van der Waals surface area contributed by atoms with Crippen LogP contribution in [0.2, 0.25) is 10.0 Å². The second kappa shape index (κ2) is 5.19. The summed E-state index contributed by atoms with van der Waals surface area (Å²) in [7, 11) is 0. The van der Waals surface area contributed by atoms with Crippen molar-refractivity contribution in [1.29, 1.82) is 0 Å². The number of nitrogens with two attached hydrogens (primary N) is 1. The minimum absolute atomic E-state index is 0.0702. The molecule has 0 unspecified atom stereocenters. The largest absolute Gasteiger partial charge is 0.402 e. The minimum Gasteiger partial charge on any atom is -0.402 e. The number of rotatable bonds is 3. The summed E-state index contributed by atoms with van der Waals surface area (Å²) in [5.74, 6) is -0.0702. The van der Waals surface area contributed by atoms with E-state index in [9.17, 15) is 4.79 Å². The van der Waals surface area contributed by atoms with Crippen LogP contribution in [0.3, 0.4) is 0 Å². The molecule has 0 fully saturated rings. The summed E-state index contributed by atoms with van der Waals surface area (Å²) in [4.78, 5) is 11.4. The van der Waals surface area contributed by atoms with Crippen molar-refractivity contribution in [3.8, 4) is 0 Å². The lowest BCUT2D eigenvalue weighted by atomic mass is 10.1.